The predicted molar refractivity (Wildman–Crippen MR) is 129 cm³/mol. The van der Waals surface area contributed by atoms with Crippen molar-refractivity contribution in [1.29, 1.82) is 5.41 Å². The number of ether oxygens (including phenoxy) is 1. The van der Waals surface area contributed by atoms with Gasteiger partial charge in [-0.25, -0.2) is 9.97 Å². The molecule has 2 aromatic rings. The van der Waals surface area contributed by atoms with Crippen molar-refractivity contribution in [3.8, 4) is 0 Å². The van der Waals surface area contributed by atoms with E-state index in [9.17, 15) is 35.9 Å². The van der Waals surface area contributed by atoms with E-state index in [2.05, 4.69) is 9.97 Å². The van der Waals surface area contributed by atoms with Gasteiger partial charge in [-0.2, -0.15) is 26.3 Å². The van der Waals surface area contributed by atoms with Gasteiger partial charge in [0.15, 0.2) is 0 Å². The van der Waals surface area contributed by atoms with Crippen LogP contribution in [-0.4, -0.2) is 75.9 Å². The van der Waals surface area contributed by atoms with E-state index in [1.807, 2.05) is 4.90 Å². The lowest BCUT2D eigenvalue weighted by atomic mass is 9.97. The molecule has 2 aliphatic heterocycles. The van der Waals surface area contributed by atoms with Gasteiger partial charge in [0.25, 0.3) is 5.91 Å². The number of likely N-dealkylation sites (tertiary alicyclic amines) is 1. The van der Waals surface area contributed by atoms with Crippen molar-refractivity contribution in [2.45, 2.75) is 56.7 Å². The van der Waals surface area contributed by atoms with Gasteiger partial charge in [0.1, 0.15) is 0 Å². The number of aromatic nitrogens is 3. The molecule has 0 spiro atoms. The number of halogens is 6. The molecule has 0 radical (unpaired) electrons. The molecule has 2 fully saturated rings. The highest BCUT2D eigenvalue weighted by atomic mass is 19.4. The van der Waals surface area contributed by atoms with Gasteiger partial charge in [0.2, 0.25) is 11.9 Å². The van der Waals surface area contributed by atoms with Gasteiger partial charge in [0, 0.05) is 44.4 Å². The summed E-state index contributed by atoms with van der Waals surface area (Å²) in [6, 6.07) is -0.291. The highest BCUT2D eigenvalue weighted by molar-refractivity contribution is 6.02. The van der Waals surface area contributed by atoms with Crippen LogP contribution in [0.1, 0.15) is 52.9 Å². The number of primary amides is 1. The largest absolute Gasteiger partial charge is 0.419 e. The number of carbonyl (C=O) groups excluding carboxylic acids is 2. The van der Waals surface area contributed by atoms with E-state index in [0.29, 0.717) is 38.3 Å². The molecule has 0 unspecified atom stereocenters. The van der Waals surface area contributed by atoms with E-state index in [1.165, 1.54) is 0 Å². The van der Waals surface area contributed by atoms with Crippen LogP contribution in [0.5, 0.6) is 0 Å². The molecule has 2 aromatic heterocycles. The topological polar surface area (TPSA) is 130 Å². The van der Waals surface area contributed by atoms with E-state index < -0.39 is 35.0 Å². The van der Waals surface area contributed by atoms with Crippen LogP contribution < -0.4 is 10.6 Å². The van der Waals surface area contributed by atoms with Crippen molar-refractivity contribution in [2.24, 2.45) is 5.73 Å². The van der Waals surface area contributed by atoms with Crippen LogP contribution in [0.4, 0.5) is 32.3 Å². The Morgan fingerprint density at radius 1 is 1.05 bits per heavy atom. The van der Waals surface area contributed by atoms with E-state index in [-0.39, 0.29) is 55.8 Å². The molecule has 2 atom stereocenters. The van der Waals surface area contributed by atoms with Crippen LogP contribution in [0.15, 0.2) is 18.6 Å². The van der Waals surface area contributed by atoms with Gasteiger partial charge >= 0.3 is 12.4 Å². The van der Waals surface area contributed by atoms with E-state index in [1.54, 1.807) is 4.90 Å². The van der Waals surface area contributed by atoms with Crippen molar-refractivity contribution in [3.63, 3.8) is 0 Å². The fraction of sp³-hybridized carbons (Fsp3) is 0.542. The molecule has 0 aliphatic carbocycles. The Morgan fingerprint density at radius 3 is 2.35 bits per heavy atom. The summed E-state index contributed by atoms with van der Waals surface area (Å²) in [6.07, 6.45) is -4.51. The molecule has 2 saturated heterocycles. The third-order valence-electron chi connectivity index (χ3n) is 7.10. The number of amides is 2. The van der Waals surface area contributed by atoms with Crippen molar-refractivity contribution < 1.29 is 40.7 Å². The predicted octanol–water partition coefficient (Wildman–Crippen LogP) is 3.09. The van der Waals surface area contributed by atoms with Crippen molar-refractivity contribution in [1.82, 2.24) is 19.4 Å². The number of hydrogen-bond acceptors (Lipinski definition) is 7. The van der Waals surface area contributed by atoms with Crippen LogP contribution in [0.25, 0.3) is 0 Å². The molecule has 10 nitrogen and oxygen atoms in total. The number of hydrogen-bond donors (Lipinski definition) is 2. The fourth-order valence-corrected chi connectivity index (χ4v) is 5.31. The molecule has 16 heteroatoms. The second-order valence-corrected chi connectivity index (χ2v) is 9.48. The first-order valence-electron chi connectivity index (χ1n) is 12.5. The van der Waals surface area contributed by atoms with Gasteiger partial charge in [-0.1, -0.05) is 0 Å². The standard InChI is InChI=1S/C24H27F6N7O3/c25-23(26,27)14-11-33-22(34-12-14)37-5-1-2-16-17(37)3-6-36(16)19(38)4-8-40-9-7-35-13-15(24(28,29)30)20(21(32)39)18(35)10-31/h10-13,16-17,31H,1-9H2,(H2,32,39)/t16-,17-/m1/s1. The third kappa shape index (κ3) is 6.05. The first kappa shape index (κ1) is 29.3. The number of fused-ring (bicyclic) bond motifs is 1. The number of rotatable bonds is 9. The maximum Gasteiger partial charge on any atom is 0.419 e. The van der Waals surface area contributed by atoms with Crippen LogP contribution in [0.3, 0.4) is 0 Å². The number of carbonyl (C=O) groups is 2. The second-order valence-electron chi connectivity index (χ2n) is 9.48. The van der Waals surface area contributed by atoms with Gasteiger partial charge in [-0.3, -0.25) is 9.59 Å². The molecule has 3 N–H and O–H groups in total. The van der Waals surface area contributed by atoms with E-state index in [0.717, 1.165) is 23.4 Å². The summed E-state index contributed by atoms with van der Waals surface area (Å²) >= 11 is 0. The lowest BCUT2D eigenvalue weighted by Gasteiger charge is -2.40. The maximum absolute atomic E-state index is 13.3. The second kappa shape index (κ2) is 11.4. The number of piperidine rings is 1. The van der Waals surface area contributed by atoms with Crippen LogP contribution in [0.2, 0.25) is 0 Å². The number of nitrogens with two attached hydrogens (primary N) is 1. The first-order chi connectivity index (χ1) is 18.8. The minimum Gasteiger partial charge on any atom is -0.379 e. The Bertz CT molecular complexity index is 1250. The molecule has 4 rings (SSSR count). The first-order valence-corrected chi connectivity index (χ1v) is 12.5. The zero-order chi connectivity index (χ0) is 29.2. The normalized spacial score (nSPS) is 19.6. The Hall–Kier alpha value is -3.69. The molecule has 40 heavy (non-hydrogen) atoms. The Labute approximate surface area is 224 Å². The number of alkyl halides is 6. The summed E-state index contributed by atoms with van der Waals surface area (Å²) in [5, 5.41) is 7.41. The molecular formula is C24H27F6N7O3. The van der Waals surface area contributed by atoms with Crippen molar-refractivity contribution >= 4 is 24.0 Å². The Morgan fingerprint density at radius 2 is 1.75 bits per heavy atom. The highest BCUT2D eigenvalue weighted by Crippen LogP contribution is 2.35. The number of nitrogens with one attached hydrogen (secondary N) is 1. The minimum atomic E-state index is -4.83. The summed E-state index contributed by atoms with van der Waals surface area (Å²) in [5.41, 5.74) is 1.85. The van der Waals surface area contributed by atoms with Crippen molar-refractivity contribution in [3.05, 3.63) is 41.0 Å². The third-order valence-corrected chi connectivity index (χ3v) is 7.10. The quantitative estimate of drug-likeness (QED) is 0.269. The summed E-state index contributed by atoms with van der Waals surface area (Å²) in [7, 11) is 0. The molecule has 0 aromatic carbocycles. The van der Waals surface area contributed by atoms with Crippen molar-refractivity contribution in [2.75, 3.05) is 31.2 Å². The molecule has 2 aliphatic rings. The average molecular weight is 576 g/mol. The zero-order valence-electron chi connectivity index (χ0n) is 21.1. The lowest BCUT2D eigenvalue weighted by molar-refractivity contribution is -0.138. The summed E-state index contributed by atoms with van der Waals surface area (Å²) in [6.45, 7) is 0.819. The van der Waals surface area contributed by atoms with Gasteiger partial charge in [-0.05, 0) is 19.3 Å². The van der Waals surface area contributed by atoms with Crippen LogP contribution in [0, 0.1) is 5.41 Å². The SMILES string of the molecule is N=Cc1c(C(N)=O)c(C(F)(F)F)cn1CCOCCC(=O)N1CC[C@@H]2[C@H]1CCCN2c1ncc(C(F)(F)F)cn1. The van der Waals surface area contributed by atoms with Gasteiger partial charge in [-0.15, -0.1) is 0 Å². The maximum atomic E-state index is 13.3. The number of nitrogens with zero attached hydrogens (tertiary/aromatic N) is 5. The highest BCUT2D eigenvalue weighted by Gasteiger charge is 2.43. The molecule has 2 amide bonds. The molecule has 0 saturated carbocycles. The molecule has 4 heterocycles. The Balaban J connectivity index is 1.30. The Kier molecular flexibility index (Phi) is 8.37. The van der Waals surface area contributed by atoms with Gasteiger partial charge < -0.3 is 30.2 Å². The van der Waals surface area contributed by atoms with Gasteiger partial charge in [0.05, 0.1) is 54.1 Å². The molecular weight excluding hydrogens is 548 g/mol. The zero-order valence-corrected chi connectivity index (χ0v) is 21.1. The monoisotopic (exact) mass is 575 g/mol. The fourth-order valence-electron chi connectivity index (χ4n) is 5.31. The summed E-state index contributed by atoms with van der Waals surface area (Å²) in [5.74, 6) is -1.30. The van der Waals surface area contributed by atoms with Crippen LogP contribution >= 0.6 is 0 Å². The summed E-state index contributed by atoms with van der Waals surface area (Å²) < 4.78 is 85.0. The smallest absolute Gasteiger partial charge is 0.379 e. The lowest BCUT2D eigenvalue weighted by Crippen LogP contribution is -2.51. The average Bonchev–Trinajstić information content (AvgIpc) is 3.50. The van der Waals surface area contributed by atoms with E-state index >= 15 is 0 Å². The minimum absolute atomic E-state index is 0.00551. The molecule has 218 valence electrons. The van der Waals surface area contributed by atoms with E-state index in [4.69, 9.17) is 15.9 Å². The molecule has 0 bridgehead atoms. The van der Waals surface area contributed by atoms with Crippen LogP contribution in [-0.2, 0) is 28.4 Å². The number of anilines is 1. The summed E-state index contributed by atoms with van der Waals surface area (Å²) in [4.78, 5) is 35.9.